The monoisotopic (exact) mass is 301 g/mol. The predicted molar refractivity (Wildman–Crippen MR) is 70.2 cm³/mol. The zero-order chi connectivity index (χ0) is 15.0. The molecule has 0 N–H and O–H groups in total. The second kappa shape index (κ2) is 5.32. The van der Waals surface area contributed by atoms with Crippen LogP contribution in [0.15, 0.2) is 18.2 Å². The first kappa shape index (κ1) is 14.7. The number of carbonyl (C=O) groups is 1. The van der Waals surface area contributed by atoms with Crippen LogP contribution in [-0.4, -0.2) is 16.2 Å². The van der Waals surface area contributed by atoms with Crippen molar-refractivity contribution in [2.75, 3.05) is 5.88 Å². The summed E-state index contributed by atoms with van der Waals surface area (Å²) in [4.78, 5) is 11.7. The molecule has 2 rings (SSSR count). The van der Waals surface area contributed by atoms with Gasteiger partial charge in [0.15, 0.2) is 17.4 Å². The van der Waals surface area contributed by atoms with Crippen molar-refractivity contribution in [3.05, 3.63) is 52.6 Å². The highest BCUT2D eigenvalue weighted by Crippen LogP contribution is 2.25. The second-order valence-corrected chi connectivity index (χ2v) is 4.67. The number of aryl methyl sites for hydroxylation is 1. The molecule has 0 atom stereocenters. The van der Waals surface area contributed by atoms with E-state index < -0.39 is 17.5 Å². The molecule has 0 aliphatic heterocycles. The van der Waals surface area contributed by atoms with Gasteiger partial charge in [-0.2, -0.15) is 0 Å². The van der Waals surface area contributed by atoms with Crippen LogP contribution in [0.4, 0.5) is 13.2 Å². The Kier molecular flexibility index (Phi) is 3.90. The highest BCUT2D eigenvalue weighted by atomic mass is 35.5. The maximum Gasteiger partial charge on any atom is 0.182 e. The lowest BCUT2D eigenvalue weighted by Crippen LogP contribution is -2.07. The molecule has 0 fully saturated rings. The van der Waals surface area contributed by atoms with Gasteiger partial charge in [0.2, 0.25) is 0 Å². The van der Waals surface area contributed by atoms with Gasteiger partial charge in [-0.3, -0.25) is 4.79 Å². The van der Waals surface area contributed by atoms with Crippen LogP contribution in [-0.2, 0) is 0 Å². The lowest BCUT2D eigenvalue weighted by atomic mass is 10.2. The first-order valence-electron chi connectivity index (χ1n) is 5.79. The lowest BCUT2D eigenvalue weighted by Gasteiger charge is -2.11. The topological polar surface area (TPSA) is 22.0 Å². The number of alkyl halides is 1. The molecular formula is C14H11ClF3NO. The third kappa shape index (κ3) is 2.33. The van der Waals surface area contributed by atoms with Crippen LogP contribution in [0.5, 0.6) is 0 Å². The summed E-state index contributed by atoms with van der Waals surface area (Å²) in [5, 5.41) is 0. The number of carbonyl (C=O) groups excluding carboxylic acids is 1. The van der Waals surface area contributed by atoms with Gasteiger partial charge in [-0.25, -0.2) is 13.2 Å². The van der Waals surface area contributed by atoms with Crippen molar-refractivity contribution in [2.24, 2.45) is 0 Å². The summed E-state index contributed by atoms with van der Waals surface area (Å²) in [5.74, 6) is -3.89. The summed E-state index contributed by atoms with van der Waals surface area (Å²) in [6, 6.07) is 2.87. The van der Waals surface area contributed by atoms with Gasteiger partial charge in [0.1, 0.15) is 5.82 Å². The summed E-state index contributed by atoms with van der Waals surface area (Å²) in [5.41, 5.74) is 0.907. The maximum absolute atomic E-state index is 13.8. The molecule has 0 spiro atoms. The summed E-state index contributed by atoms with van der Waals surface area (Å²) in [7, 11) is 0. The molecule has 0 radical (unpaired) electrons. The van der Waals surface area contributed by atoms with Crippen LogP contribution in [0.2, 0.25) is 0 Å². The van der Waals surface area contributed by atoms with E-state index in [2.05, 4.69) is 0 Å². The molecule has 0 aliphatic carbocycles. The first-order chi connectivity index (χ1) is 9.36. The van der Waals surface area contributed by atoms with Gasteiger partial charge < -0.3 is 4.57 Å². The Morgan fingerprint density at radius 1 is 1.20 bits per heavy atom. The summed E-state index contributed by atoms with van der Waals surface area (Å²) in [6.45, 7) is 3.18. The van der Waals surface area contributed by atoms with Crippen LogP contribution < -0.4 is 0 Å². The van der Waals surface area contributed by atoms with Gasteiger partial charge in [0, 0.05) is 29.1 Å². The molecule has 2 aromatic rings. The van der Waals surface area contributed by atoms with Crippen molar-refractivity contribution in [3.63, 3.8) is 0 Å². The third-order valence-corrected chi connectivity index (χ3v) is 3.31. The fourth-order valence-electron chi connectivity index (χ4n) is 2.19. The number of ketones is 1. The number of rotatable bonds is 3. The van der Waals surface area contributed by atoms with Gasteiger partial charge >= 0.3 is 0 Å². The number of halogens is 4. The molecule has 0 saturated carbocycles. The standard InChI is InChI=1S/C14H11ClF3NO/c1-7-3-10(13(20)6-15)8(2)19(7)12-5-9(16)4-11(17)14(12)18/h3-5H,6H2,1-2H3. The molecule has 2 nitrogen and oxygen atoms in total. The largest absolute Gasteiger partial charge is 0.315 e. The average molecular weight is 302 g/mol. The number of hydrogen-bond donors (Lipinski definition) is 0. The van der Waals surface area contributed by atoms with Crippen LogP contribution >= 0.6 is 11.6 Å². The van der Waals surface area contributed by atoms with Crippen molar-refractivity contribution in [1.29, 1.82) is 0 Å². The van der Waals surface area contributed by atoms with Gasteiger partial charge in [0.25, 0.3) is 0 Å². The fourth-order valence-corrected chi connectivity index (χ4v) is 2.34. The molecule has 0 saturated heterocycles. The number of benzene rings is 1. The molecule has 0 amide bonds. The van der Waals surface area contributed by atoms with Crippen molar-refractivity contribution < 1.29 is 18.0 Å². The van der Waals surface area contributed by atoms with Crippen molar-refractivity contribution >= 4 is 17.4 Å². The third-order valence-electron chi connectivity index (χ3n) is 3.07. The Morgan fingerprint density at radius 2 is 1.85 bits per heavy atom. The van der Waals surface area contributed by atoms with E-state index in [1.54, 1.807) is 13.8 Å². The van der Waals surface area contributed by atoms with E-state index in [0.29, 0.717) is 23.0 Å². The van der Waals surface area contributed by atoms with Crippen LogP contribution in [0.3, 0.4) is 0 Å². The zero-order valence-corrected chi connectivity index (χ0v) is 11.6. The highest BCUT2D eigenvalue weighted by molar-refractivity contribution is 6.30. The van der Waals surface area contributed by atoms with Gasteiger partial charge in [0.05, 0.1) is 11.6 Å². The minimum atomic E-state index is -1.28. The molecule has 20 heavy (non-hydrogen) atoms. The normalized spacial score (nSPS) is 10.9. The van der Waals surface area contributed by atoms with E-state index in [0.717, 1.165) is 6.07 Å². The van der Waals surface area contributed by atoms with E-state index in [9.17, 15) is 18.0 Å². The number of Topliss-reactive ketones (excluding diaryl/α,β-unsaturated/α-hetero) is 1. The molecule has 1 heterocycles. The van der Waals surface area contributed by atoms with Crippen molar-refractivity contribution in [2.45, 2.75) is 13.8 Å². The van der Waals surface area contributed by atoms with E-state index in [4.69, 9.17) is 11.6 Å². The van der Waals surface area contributed by atoms with Crippen LogP contribution in [0.1, 0.15) is 21.7 Å². The number of nitrogens with zero attached hydrogens (tertiary/aromatic N) is 1. The maximum atomic E-state index is 13.8. The molecule has 6 heteroatoms. The molecule has 106 valence electrons. The minimum Gasteiger partial charge on any atom is -0.315 e. The fraction of sp³-hybridized carbons (Fsp3) is 0.214. The van der Waals surface area contributed by atoms with Crippen LogP contribution in [0, 0.1) is 31.3 Å². The van der Waals surface area contributed by atoms with Crippen molar-refractivity contribution in [3.8, 4) is 5.69 Å². The average Bonchev–Trinajstić information content (AvgIpc) is 2.68. The van der Waals surface area contributed by atoms with Crippen LogP contribution in [0.25, 0.3) is 5.69 Å². The second-order valence-electron chi connectivity index (χ2n) is 4.40. The summed E-state index contributed by atoms with van der Waals surface area (Å²) in [6.07, 6.45) is 0. The Labute approximate surface area is 118 Å². The summed E-state index contributed by atoms with van der Waals surface area (Å²) < 4.78 is 41.7. The molecule has 1 aromatic carbocycles. The van der Waals surface area contributed by atoms with Gasteiger partial charge in [-0.05, 0) is 19.9 Å². The SMILES string of the molecule is Cc1cc(C(=O)CCl)c(C)n1-c1cc(F)cc(F)c1F. The van der Waals surface area contributed by atoms with E-state index in [1.807, 2.05) is 0 Å². The first-order valence-corrected chi connectivity index (χ1v) is 6.33. The smallest absolute Gasteiger partial charge is 0.182 e. The van der Waals surface area contributed by atoms with Crippen molar-refractivity contribution in [1.82, 2.24) is 4.57 Å². The lowest BCUT2D eigenvalue weighted by molar-refractivity contribution is 0.102. The Hall–Kier alpha value is -1.75. The van der Waals surface area contributed by atoms with E-state index in [1.165, 1.54) is 10.6 Å². The Morgan fingerprint density at radius 3 is 2.45 bits per heavy atom. The molecule has 0 unspecified atom stereocenters. The van der Waals surface area contributed by atoms with Gasteiger partial charge in [-0.1, -0.05) is 0 Å². The number of hydrogen-bond acceptors (Lipinski definition) is 1. The molecule has 0 bridgehead atoms. The van der Waals surface area contributed by atoms with E-state index in [-0.39, 0.29) is 17.4 Å². The highest BCUT2D eigenvalue weighted by Gasteiger charge is 2.20. The minimum absolute atomic E-state index is 0.218. The zero-order valence-electron chi connectivity index (χ0n) is 10.8. The quantitative estimate of drug-likeness (QED) is 0.478. The van der Waals surface area contributed by atoms with E-state index >= 15 is 0 Å². The van der Waals surface area contributed by atoms with Gasteiger partial charge in [-0.15, -0.1) is 11.6 Å². The predicted octanol–water partition coefficient (Wildman–Crippen LogP) is 3.93. The molecule has 0 aliphatic rings. The Bertz CT molecular complexity index is 694. The number of aromatic nitrogens is 1. The summed E-state index contributed by atoms with van der Waals surface area (Å²) >= 11 is 5.49. The Balaban J connectivity index is 2.71. The molecular weight excluding hydrogens is 291 g/mol. The molecule has 1 aromatic heterocycles.